The summed E-state index contributed by atoms with van der Waals surface area (Å²) >= 11 is 0. The van der Waals surface area contributed by atoms with E-state index in [2.05, 4.69) is 27.7 Å². The van der Waals surface area contributed by atoms with E-state index in [1.54, 1.807) is 13.0 Å². The first kappa shape index (κ1) is 29.5. The van der Waals surface area contributed by atoms with Crippen LogP contribution in [-0.2, 0) is 28.6 Å². The molecule has 40 heavy (non-hydrogen) atoms. The second-order valence-electron chi connectivity index (χ2n) is 14.3. The second kappa shape index (κ2) is 9.52. The number of cyclic esters (lactones) is 1. The molecule has 5 aliphatic rings. The summed E-state index contributed by atoms with van der Waals surface area (Å²) in [5.74, 6) is -2.13. The van der Waals surface area contributed by atoms with Gasteiger partial charge in [-0.1, -0.05) is 47.5 Å². The van der Waals surface area contributed by atoms with E-state index in [9.17, 15) is 19.5 Å². The van der Waals surface area contributed by atoms with E-state index in [0.717, 1.165) is 37.7 Å². The summed E-state index contributed by atoms with van der Waals surface area (Å²) in [6.45, 7) is 14.8. The summed E-state index contributed by atoms with van der Waals surface area (Å²) in [5.41, 5.74) is 0.213. The molecular formula is C33H48O7. The van der Waals surface area contributed by atoms with Crippen molar-refractivity contribution in [3.8, 4) is 0 Å². The number of esters is 2. The minimum atomic E-state index is -1.49. The summed E-state index contributed by atoms with van der Waals surface area (Å²) in [6, 6.07) is 0. The van der Waals surface area contributed by atoms with Crippen LogP contribution in [0.15, 0.2) is 22.8 Å². The van der Waals surface area contributed by atoms with Gasteiger partial charge in [0.25, 0.3) is 0 Å². The summed E-state index contributed by atoms with van der Waals surface area (Å²) in [4.78, 5) is 40.7. The van der Waals surface area contributed by atoms with E-state index in [-0.39, 0.29) is 45.5 Å². The number of aliphatic hydroxyl groups is 1. The highest BCUT2D eigenvalue weighted by molar-refractivity contribution is 6.16. The Kier molecular flexibility index (Phi) is 7.02. The molecule has 3 saturated carbocycles. The Balaban J connectivity index is 1.67. The van der Waals surface area contributed by atoms with Crippen molar-refractivity contribution < 1.29 is 33.7 Å². The van der Waals surface area contributed by atoms with Gasteiger partial charge in [0, 0.05) is 14.0 Å². The first-order valence-electron chi connectivity index (χ1n) is 15.3. The molecule has 0 aromatic carbocycles. The number of hydrogen-bond donors (Lipinski definition) is 1. The molecule has 222 valence electrons. The Morgan fingerprint density at radius 1 is 1.07 bits per heavy atom. The van der Waals surface area contributed by atoms with Gasteiger partial charge in [0.15, 0.2) is 5.78 Å². The average Bonchev–Trinajstić information content (AvgIpc) is 3.18. The molecule has 7 heteroatoms. The fourth-order valence-corrected chi connectivity index (χ4v) is 10.0. The SMILES string of the molecule is CCC(O)CC(=O)OC1CC2C(C)(CCC3C(C)(CC)CCCC32C)C2=CC(=O)C3=C(C(=O)OC3(C)OC)C21C. The lowest BCUT2D eigenvalue weighted by atomic mass is 9.36. The van der Waals surface area contributed by atoms with Gasteiger partial charge in [0.2, 0.25) is 5.79 Å². The normalized spacial score (nSPS) is 45.0. The number of fused-ring (bicyclic) bond motifs is 6. The highest BCUT2D eigenvalue weighted by atomic mass is 16.7. The Hall–Kier alpha value is -1.99. The summed E-state index contributed by atoms with van der Waals surface area (Å²) in [6.07, 6.45) is 7.75. The van der Waals surface area contributed by atoms with Gasteiger partial charge in [0.05, 0.1) is 29.1 Å². The maximum Gasteiger partial charge on any atom is 0.338 e. The van der Waals surface area contributed by atoms with Crippen LogP contribution >= 0.6 is 0 Å². The maximum absolute atomic E-state index is 13.8. The molecule has 0 amide bonds. The number of rotatable bonds is 6. The van der Waals surface area contributed by atoms with Crippen molar-refractivity contribution in [1.29, 1.82) is 0 Å². The van der Waals surface area contributed by atoms with Crippen molar-refractivity contribution in [1.82, 2.24) is 0 Å². The van der Waals surface area contributed by atoms with E-state index in [1.807, 2.05) is 13.8 Å². The van der Waals surface area contributed by atoms with Crippen LogP contribution in [0.4, 0.5) is 0 Å². The summed E-state index contributed by atoms with van der Waals surface area (Å²) in [5, 5.41) is 10.2. The van der Waals surface area contributed by atoms with E-state index in [0.29, 0.717) is 18.8 Å². The summed E-state index contributed by atoms with van der Waals surface area (Å²) < 4.78 is 17.6. The number of methoxy groups -OCH3 is 1. The standard InChI is InChI=1S/C33H48O7/c1-9-19(34)16-25(36)39-24-18-22-30(4)14-11-13-29(3,10-2)21(30)12-15-31(22,5)23-17-20(35)26-27(32(23,24)6)28(37)40-33(26,7)38-8/h17,19,21-22,24,34H,9-16,18H2,1-8H3. The molecular weight excluding hydrogens is 508 g/mol. The summed E-state index contributed by atoms with van der Waals surface area (Å²) in [7, 11) is 1.43. The molecule has 9 atom stereocenters. The van der Waals surface area contributed by atoms with Crippen LogP contribution in [0.5, 0.6) is 0 Å². The Labute approximate surface area is 239 Å². The highest BCUT2D eigenvalue weighted by Gasteiger charge is 2.70. The monoisotopic (exact) mass is 556 g/mol. The van der Waals surface area contributed by atoms with Crippen LogP contribution in [0.2, 0.25) is 0 Å². The van der Waals surface area contributed by atoms with Crippen molar-refractivity contribution in [2.45, 2.75) is 124 Å². The van der Waals surface area contributed by atoms with E-state index >= 15 is 0 Å². The molecule has 0 aromatic rings. The smallest absolute Gasteiger partial charge is 0.338 e. The third kappa shape index (κ3) is 3.85. The Bertz CT molecular complexity index is 1190. The lowest BCUT2D eigenvalue weighted by Gasteiger charge is -2.68. The van der Waals surface area contributed by atoms with Crippen LogP contribution in [0.1, 0.15) is 106 Å². The number of ether oxygens (including phenoxy) is 3. The minimum Gasteiger partial charge on any atom is -0.461 e. The molecule has 0 saturated heterocycles. The van der Waals surface area contributed by atoms with Gasteiger partial charge in [-0.15, -0.1) is 0 Å². The first-order chi connectivity index (χ1) is 18.6. The average molecular weight is 557 g/mol. The number of carbonyl (C=O) groups is 3. The molecule has 0 spiro atoms. The zero-order valence-electron chi connectivity index (χ0n) is 25.6. The second-order valence-corrected chi connectivity index (χ2v) is 14.3. The predicted octanol–water partition coefficient (Wildman–Crippen LogP) is 5.83. The molecule has 3 fully saturated rings. The maximum atomic E-state index is 13.8. The van der Waals surface area contributed by atoms with Crippen LogP contribution < -0.4 is 0 Å². The molecule has 4 aliphatic carbocycles. The molecule has 0 aromatic heterocycles. The molecule has 1 aliphatic heterocycles. The molecule has 0 radical (unpaired) electrons. The van der Waals surface area contributed by atoms with E-state index in [4.69, 9.17) is 14.2 Å². The highest BCUT2D eigenvalue weighted by Crippen LogP contribution is 2.73. The lowest BCUT2D eigenvalue weighted by Crippen LogP contribution is -2.63. The van der Waals surface area contributed by atoms with Gasteiger partial charge in [-0.3, -0.25) is 9.59 Å². The molecule has 0 bridgehead atoms. The predicted molar refractivity (Wildman–Crippen MR) is 150 cm³/mol. The number of ketones is 1. The number of carbonyl (C=O) groups excluding carboxylic acids is 3. The van der Waals surface area contributed by atoms with E-state index in [1.165, 1.54) is 13.5 Å². The largest absolute Gasteiger partial charge is 0.461 e. The fourth-order valence-electron chi connectivity index (χ4n) is 10.0. The number of hydrogen-bond acceptors (Lipinski definition) is 7. The zero-order chi connectivity index (χ0) is 29.5. The number of allylic oxidation sites excluding steroid dienone is 1. The van der Waals surface area contributed by atoms with Crippen molar-refractivity contribution in [2.75, 3.05) is 7.11 Å². The quantitative estimate of drug-likeness (QED) is 0.411. The first-order valence-corrected chi connectivity index (χ1v) is 15.3. The molecule has 9 unspecified atom stereocenters. The van der Waals surface area contributed by atoms with Crippen molar-refractivity contribution in [3.63, 3.8) is 0 Å². The third-order valence-electron chi connectivity index (χ3n) is 12.5. The Morgan fingerprint density at radius 2 is 1.77 bits per heavy atom. The minimum absolute atomic E-state index is 0.000699. The molecule has 5 rings (SSSR count). The molecule has 1 heterocycles. The molecule has 1 N–H and O–H groups in total. The van der Waals surface area contributed by atoms with Crippen molar-refractivity contribution >= 4 is 17.7 Å². The Morgan fingerprint density at radius 3 is 2.40 bits per heavy atom. The van der Waals surface area contributed by atoms with Crippen LogP contribution in [0, 0.1) is 33.5 Å². The molecule has 7 nitrogen and oxygen atoms in total. The van der Waals surface area contributed by atoms with Crippen LogP contribution in [0.25, 0.3) is 0 Å². The lowest BCUT2D eigenvalue weighted by molar-refractivity contribution is -0.189. The van der Waals surface area contributed by atoms with Gasteiger partial charge in [-0.2, -0.15) is 0 Å². The van der Waals surface area contributed by atoms with Gasteiger partial charge >= 0.3 is 11.9 Å². The van der Waals surface area contributed by atoms with Gasteiger partial charge in [-0.25, -0.2) is 4.79 Å². The number of aliphatic hydroxyl groups excluding tert-OH is 1. The third-order valence-corrected chi connectivity index (χ3v) is 12.5. The van der Waals surface area contributed by atoms with Gasteiger partial charge in [0.1, 0.15) is 6.10 Å². The zero-order valence-corrected chi connectivity index (χ0v) is 25.6. The van der Waals surface area contributed by atoms with Gasteiger partial charge < -0.3 is 19.3 Å². The van der Waals surface area contributed by atoms with Crippen molar-refractivity contribution in [3.05, 3.63) is 22.8 Å². The van der Waals surface area contributed by atoms with Gasteiger partial charge in [-0.05, 0) is 85.2 Å². The van der Waals surface area contributed by atoms with Crippen molar-refractivity contribution in [2.24, 2.45) is 33.5 Å². The van der Waals surface area contributed by atoms with Crippen LogP contribution in [0.3, 0.4) is 0 Å². The fraction of sp³-hybridized carbons (Fsp3) is 0.788. The van der Waals surface area contributed by atoms with Crippen LogP contribution in [-0.4, -0.2) is 47.9 Å². The van der Waals surface area contributed by atoms with E-state index < -0.39 is 35.3 Å². The topological polar surface area (TPSA) is 99.1 Å².